The molecule has 0 unspecified atom stereocenters. The number of rotatable bonds is 27. The fraction of sp³-hybridized carbons (Fsp3) is 0.458. The van der Waals surface area contributed by atoms with E-state index in [1.165, 1.54) is 59.7 Å². The van der Waals surface area contributed by atoms with Crippen molar-refractivity contribution in [2.24, 2.45) is 68.9 Å². The number of sulfonamides is 1. The molecule has 0 aliphatic rings. The zero-order valence-electron chi connectivity index (χ0n) is 81.6. The van der Waals surface area contributed by atoms with Crippen LogP contribution in [0.3, 0.4) is 0 Å². The Morgan fingerprint density at radius 1 is 0.431 bits per heavy atom. The molecule has 720 valence electrons. The largest absolute Gasteiger partial charge is 0.494 e. The second-order valence-corrected chi connectivity index (χ2v) is 39.4. The average Bonchev–Trinajstić information content (AvgIpc) is 0.838. The van der Waals surface area contributed by atoms with Crippen LogP contribution in [0.1, 0.15) is 236 Å². The van der Waals surface area contributed by atoms with Gasteiger partial charge in [-0.3, -0.25) is 9.59 Å². The van der Waals surface area contributed by atoms with Crippen molar-refractivity contribution in [1.29, 1.82) is 0 Å². The summed E-state index contributed by atoms with van der Waals surface area (Å²) in [5.74, 6) is 4.26. The lowest BCUT2D eigenvalue weighted by atomic mass is 9.88. The van der Waals surface area contributed by atoms with Gasteiger partial charge >= 0.3 is 18.2 Å². The smallest absolute Gasteiger partial charge is 0.422 e. The van der Waals surface area contributed by atoms with Crippen LogP contribution >= 0.6 is 0 Å². The summed E-state index contributed by atoms with van der Waals surface area (Å²) in [6.07, 6.45) is 4.42. The van der Waals surface area contributed by atoms with Gasteiger partial charge in [-0.2, -0.15) is 13.2 Å². The van der Waals surface area contributed by atoms with Gasteiger partial charge in [-0.05, 0) is 277 Å². The number of anilines is 1. The number of alkyl halides is 3. The summed E-state index contributed by atoms with van der Waals surface area (Å²) < 4.78 is 112. The zero-order chi connectivity index (χ0) is 98.1. The van der Waals surface area contributed by atoms with Gasteiger partial charge in [-0.15, -0.1) is 0 Å². The van der Waals surface area contributed by atoms with E-state index in [2.05, 4.69) is 171 Å². The molecular weight excluding hydrogens is 1670 g/mol. The number of primary sulfonamides is 1. The van der Waals surface area contributed by atoms with Crippen LogP contribution in [0.4, 0.5) is 41.6 Å². The van der Waals surface area contributed by atoms with E-state index in [1.807, 2.05) is 123 Å². The molecule has 0 aromatic heterocycles. The Morgan fingerprint density at radius 2 is 0.792 bits per heavy atom. The summed E-state index contributed by atoms with van der Waals surface area (Å²) in [4.78, 5) is 45.9. The molecule has 0 heterocycles. The fourth-order valence-corrected chi connectivity index (χ4v) is 13.3. The molecular formula is C107H155F6N7O9S. The van der Waals surface area contributed by atoms with Crippen molar-refractivity contribution in [2.45, 2.75) is 241 Å². The third kappa shape index (κ3) is 58.8. The van der Waals surface area contributed by atoms with Gasteiger partial charge in [0.25, 0.3) is 11.8 Å². The molecule has 9 rings (SSSR count). The van der Waals surface area contributed by atoms with E-state index in [0.717, 1.165) is 108 Å². The van der Waals surface area contributed by atoms with Crippen LogP contribution in [0.15, 0.2) is 211 Å². The van der Waals surface area contributed by atoms with Gasteiger partial charge in [-0.25, -0.2) is 36.3 Å². The van der Waals surface area contributed by atoms with Gasteiger partial charge < -0.3 is 46.5 Å². The van der Waals surface area contributed by atoms with Gasteiger partial charge in [0.05, 0.1) is 18.1 Å². The van der Waals surface area contributed by atoms with Gasteiger partial charge in [0.1, 0.15) is 11.6 Å². The Morgan fingerprint density at radius 3 is 1.18 bits per heavy atom. The number of amides is 6. The first kappa shape index (κ1) is 119. The summed E-state index contributed by atoms with van der Waals surface area (Å²) in [5.41, 5.74) is 24.3. The minimum atomic E-state index is -4.28. The first-order valence-corrected chi connectivity index (χ1v) is 45.8. The molecule has 130 heavy (non-hydrogen) atoms. The fourth-order valence-electron chi connectivity index (χ4n) is 12.7. The van der Waals surface area contributed by atoms with E-state index in [1.54, 1.807) is 80.6 Å². The number of ether oxygens (including phenoxy) is 3. The number of hydrogen-bond donors (Lipinski definition) is 6. The van der Waals surface area contributed by atoms with Crippen molar-refractivity contribution in [3.63, 3.8) is 0 Å². The normalized spacial score (nSPS) is 11.0. The SMILES string of the molecule is C.CC(C)Cc1ccc(F)c(OC(C)C)c1.CC(C)Cc1cccc(CNC(N)=O)c1.CC(C)Cc1cccc(F)c1.CC(C)Cc1cccc(NC(N)=O)c1.CC(C)Cc1cccc(OCC(F)(F)F)c1.CC(C)Cc1cccc(S(N)(=O)=O)c1.CN(C)C(=O)c1ccc(CC(C)(C)C)cc1.CNC(=O)c1ccc(CC(C)(C)C)cc1.COc1cc(CC(C)C)ccc1F. The Kier molecular flexibility index (Phi) is 56.1. The molecule has 0 atom stereocenters. The highest BCUT2D eigenvalue weighted by Crippen LogP contribution is 2.27. The lowest BCUT2D eigenvalue weighted by Gasteiger charge is -2.18. The summed E-state index contributed by atoms with van der Waals surface area (Å²) >= 11 is 0. The molecule has 0 bridgehead atoms. The van der Waals surface area contributed by atoms with Crippen LogP contribution in [0.2, 0.25) is 0 Å². The van der Waals surface area contributed by atoms with Crippen molar-refractivity contribution >= 4 is 39.6 Å². The van der Waals surface area contributed by atoms with Crippen LogP contribution < -0.4 is 46.8 Å². The van der Waals surface area contributed by atoms with Crippen LogP contribution in [-0.4, -0.2) is 84.3 Å². The third-order valence-electron chi connectivity index (χ3n) is 17.7. The number of carbonyl (C=O) groups excluding carboxylic acids is 4. The van der Waals surface area contributed by atoms with Crippen LogP contribution in [0.25, 0.3) is 0 Å². The molecule has 9 aromatic carbocycles. The molecule has 0 saturated heterocycles. The van der Waals surface area contributed by atoms with Crippen LogP contribution in [-0.2, 0) is 74.4 Å². The molecule has 0 fully saturated rings. The topological polar surface area (TPSA) is 247 Å². The van der Waals surface area contributed by atoms with Crippen molar-refractivity contribution in [3.05, 3.63) is 290 Å². The number of carbonyl (C=O) groups is 4. The molecule has 0 saturated carbocycles. The Hall–Kier alpha value is -10.7. The molecule has 0 aliphatic carbocycles. The van der Waals surface area contributed by atoms with E-state index >= 15 is 0 Å². The van der Waals surface area contributed by atoms with Crippen LogP contribution in [0, 0.1) is 69.7 Å². The van der Waals surface area contributed by atoms with Crippen molar-refractivity contribution < 1.29 is 68.1 Å². The van der Waals surface area contributed by atoms with E-state index in [-0.39, 0.29) is 64.3 Å². The predicted molar refractivity (Wildman–Crippen MR) is 527 cm³/mol. The molecule has 23 heteroatoms. The number of urea groups is 2. The minimum Gasteiger partial charge on any atom is -0.494 e. The number of benzene rings is 9. The zero-order valence-corrected chi connectivity index (χ0v) is 82.4. The van der Waals surface area contributed by atoms with Gasteiger partial charge in [0.15, 0.2) is 29.7 Å². The standard InChI is InChI=1S/C14H21NO.C13H19FO.C13H19NO.C12H15F3O.C12H18N2O.C11H15FO.C11H16N2O.C10H13F.C10H15NO2S.CH4/c1-14(2,3)10-11-6-8-12(9-7-11)13(16)15(4)5;1-9(2)7-11-5-6-12(14)13(8-11)15-10(3)4;1-13(2,3)9-10-5-7-11(8-6-10)12(15)14-4;1-9(2)6-10-4-3-5-11(7-10)16-8-12(13,14)15;1-9(2)6-10-4-3-5-11(7-10)8-14-12(13)15;1-8(2)6-9-4-5-10(12)11(7-9)13-3;1-8(2)6-9-4-3-5-10(7-9)13-11(12)14;1-8(2)6-9-4-3-5-10(11)7-9;1-8(2)6-9-4-3-5-10(7-9)14(11,12)13;/h6-9H,10H2,1-5H3;5-6,8-10H,7H2,1-4H3;5-8H,9H2,1-4H3,(H,14,15);3-5,7,9H,6,8H2,1-2H3;3-5,7,9H,6,8H2,1-2H3,(H3,13,14,15);4-5,7-8H,6H2,1-3H3;3-5,7-8H,6H2,1-2H3,(H3,12,13,14);3-5,7-8H,6H2,1-2H3;3-5,7-8H,6H2,1-2H3,(H2,11,12,13);1H4. The van der Waals surface area contributed by atoms with Gasteiger partial charge in [-0.1, -0.05) is 255 Å². The molecule has 0 radical (unpaired) electrons. The van der Waals surface area contributed by atoms with E-state index < -0.39 is 34.9 Å². The number of primary amides is 2. The highest BCUT2D eigenvalue weighted by Gasteiger charge is 2.28. The van der Waals surface area contributed by atoms with E-state index in [9.17, 15) is 53.9 Å². The summed E-state index contributed by atoms with van der Waals surface area (Å²) in [6.45, 7) is 46.1. The Bertz CT molecular complexity index is 4850. The summed E-state index contributed by atoms with van der Waals surface area (Å²) in [5, 5.41) is 12.8. The molecule has 9 N–H and O–H groups in total. The van der Waals surface area contributed by atoms with Crippen molar-refractivity contribution in [2.75, 3.05) is 40.2 Å². The van der Waals surface area contributed by atoms with Gasteiger partial charge in [0.2, 0.25) is 10.0 Å². The lowest BCUT2D eigenvalue weighted by Crippen LogP contribution is -2.28. The molecule has 16 nitrogen and oxygen atoms in total. The monoisotopic (exact) mass is 1830 g/mol. The highest BCUT2D eigenvalue weighted by molar-refractivity contribution is 7.89. The second kappa shape index (κ2) is 61.1. The number of nitrogens with two attached hydrogens (primary N) is 3. The van der Waals surface area contributed by atoms with Crippen molar-refractivity contribution in [1.82, 2.24) is 15.5 Å². The highest BCUT2D eigenvalue weighted by atomic mass is 32.2. The summed E-state index contributed by atoms with van der Waals surface area (Å²) in [6, 6.07) is 61.1. The molecule has 6 amide bonds. The Labute approximate surface area is 776 Å². The molecule has 0 aliphatic heterocycles. The van der Waals surface area contributed by atoms with Gasteiger partial charge in [0, 0.05) is 44.5 Å². The quantitative estimate of drug-likeness (QED) is 0.0268. The summed E-state index contributed by atoms with van der Waals surface area (Å²) in [7, 11) is 3.11. The van der Waals surface area contributed by atoms with E-state index in [0.29, 0.717) is 59.5 Å². The minimum absolute atomic E-state index is 0. The number of hydrogen-bond acceptors (Lipinski definition) is 9. The first-order chi connectivity index (χ1) is 59.9. The average molecular weight is 1830 g/mol. The maximum atomic E-state index is 13.3. The van der Waals surface area contributed by atoms with Crippen LogP contribution in [0.5, 0.6) is 17.2 Å². The van der Waals surface area contributed by atoms with E-state index in [4.69, 9.17) is 26.1 Å². The van der Waals surface area contributed by atoms with Crippen molar-refractivity contribution in [3.8, 4) is 17.2 Å². The number of nitrogens with one attached hydrogen (secondary N) is 3. The number of halogens is 6. The maximum absolute atomic E-state index is 13.3. The number of methoxy groups -OCH3 is 1. The molecule has 9 aromatic rings. The first-order valence-electron chi connectivity index (χ1n) is 44.2. The predicted octanol–water partition coefficient (Wildman–Crippen LogP) is 25.9. The number of nitrogens with zero attached hydrogens (tertiary/aromatic N) is 1. The second-order valence-electron chi connectivity index (χ2n) is 37.8. The lowest BCUT2D eigenvalue weighted by molar-refractivity contribution is -0.153. The molecule has 0 spiro atoms. The Balaban J connectivity index is 0.00000144. The maximum Gasteiger partial charge on any atom is 0.422 e. The third-order valence-corrected chi connectivity index (χ3v) is 18.6.